The van der Waals surface area contributed by atoms with Crippen LogP contribution < -0.4 is 0 Å². The topological polar surface area (TPSA) is 76.4 Å². The van der Waals surface area contributed by atoms with Crippen molar-refractivity contribution in [3.8, 4) is 5.82 Å². The van der Waals surface area contributed by atoms with E-state index >= 15 is 0 Å². The van der Waals surface area contributed by atoms with E-state index in [1.165, 1.54) is 45.4 Å². The molecule has 2 aromatic rings. The molecule has 10 heteroatoms. The van der Waals surface area contributed by atoms with Gasteiger partial charge < -0.3 is 14.5 Å². The summed E-state index contributed by atoms with van der Waals surface area (Å²) in [6, 6.07) is 2.38. The highest BCUT2D eigenvalue weighted by Gasteiger charge is 2.48. The molecule has 2 aliphatic heterocycles. The highest BCUT2D eigenvalue weighted by atomic mass is 19.1. The average Bonchev–Trinajstić information content (AvgIpc) is 3.53. The number of ether oxygens (including phenoxy) is 1. The molecule has 0 aromatic carbocycles. The summed E-state index contributed by atoms with van der Waals surface area (Å²) in [5.41, 5.74) is 2.08. The number of likely N-dealkylation sites (tertiary alicyclic amines) is 2. The number of carbonyl (C=O) groups excluding carboxylic acids is 1. The Morgan fingerprint density at radius 3 is 2.28 bits per heavy atom. The molecule has 8 nitrogen and oxygen atoms in total. The molecule has 2 aromatic heterocycles. The molecule has 2 radical (unpaired) electrons. The minimum atomic E-state index is -0.318. The van der Waals surface area contributed by atoms with Crippen molar-refractivity contribution in [1.29, 1.82) is 0 Å². The van der Waals surface area contributed by atoms with Gasteiger partial charge in [-0.2, -0.15) is 0 Å². The molecule has 0 amide bonds. The molecule has 0 N–H and O–H groups in total. The lowest BCUT2D eigenvalue weighted by Gasteiger charge is -2.47. The van der Waals surface area contributed by atoms with Crippen LogP contribution in [-0.2, 0) is 9.53 Å². The van der Waals surface area contributed by atoms with E-state index in [1.807, 2.05) is 47.7 Å². The van der Waals surface area contributed by atoms with E-state index in [2.05, 4.69) is 44.7 Å². The molecule has 5 rings (SSSR count). The second-order valence-corrected chi connectivity index (χ2v) is 11.6. The van der Waals surface area contributed by atoms with Gasteiger partial charge in [0.1, 0.15) is 11.4 Å². The zero-order valence-electron chi connectivity index (χ0n) is 25.3. The lowest BCUT2D eigenvalue weighted by Crippen LogP contribution is -2.53. The number of halogens is 1. The maximum atomic E-state index is 14.0. The lowest BCUT2D eigenvalue weighted by atomic mass is 9.78. The van der Waals surface area contributed by atoms with Crippen LogP contribution in [0.2, 0.25) is 6.82 Å². The second-order valence-electron chi connectivity index (χ2n) is 11.6. The van der Waals surface area contributed by atoms with E-state index < -0.39 is 0 Å². The van der Waals surface area contributed by atoms with Crippen LogP contribution in [0.5, 0.6) is 0 Å². The molecule has 0 bridgehead atoms. The molecule has 216 valence electrons. The largest absolute Gasteiger partial charge is 0.462 e. The summed E-state index contributed by atoms with van der Waals surface area (Å²) >= 11 is 0. The van der Waals surface area contributed by atoms with Crippen LogP contribution in [0.3, 0.4) is 0 Å². The first-order chi connectivity index (χ1) is 18.6. The number of piperidine rings is 1. The highest BCUT2D eigenvalue weighted by Crippen LogP contribution is 2.47. The van der Waals surface area contributed by atoms with E-state index in [0.717, 1.165) is 49.0 Å². The standard InChI is InChI=1S/C21H29FN6.C5H10O2.C2H6.CH3B/c1-15-12-28(25-24-15)20-19(9-17(22)11-23-20)16-4-7-27(8-5-16)18-3-6-21(10-18)13-26(2)14-21;1-5(2,3)7-4-6;2*1-2/h9,11-12,16,18H,3-8,10,13-14H2,1-2H3;4H,1-3H3;1-2H3;1H3. The normalized spacial score (nSPS) is 20.9. The third-order valence-electron chi connectivity index (χ3n) is 7.46. The van der Waals surface area contributed by atoms with Crippen LogP contribution in [0.1, 0.15) is 83.9 Å². The van der Waals surface area contributed by atoms with Gasteiger partial charge >= 0.3 is 0 Å². The summed E-state index contributed by atoms with van der Waals surface area (Å²) in [5.74, 6) is 0.770. The molecule has 3 fully saturated rings. The van der Waals surface area contributed by atoms with Crippen molar-refractivity contribution in [2.45, 2.75) is 98.0 Å². The van der Waals surface area contributed by atoms with Crippen molar-refractivity contribution in [3.05, 3.63) is 35.5 Å². The number of hydrogen-bond donors (Lipinski definition) is 0. The first kappa shape index (κ1) is 32.9. The Hall–Kier alpha value is -2.33. The van der Waals surface area contributed by atoms with E-state index in [-0.39, 0.29) is 11.4 Å². The van der Waals surface area contributed by atoms with Crippen LogP contribution in [0.15, 0.2) is 18.5 Å². The fourth-order valence-electron chi connectivity index (χ4n) is 5.98. The number of carbonyl (C=O) groups is 1. The van der Waals surface area contributed by atoms with Gasteiger partial charge in [-0.1, -0.05) is 25.9 Å². The Balaban J connectivity index is 0.000000420. The molecule has 1 saturated carbocycles. The molecule has 1 spiro atoms. The van der Waals surface area contributed by atoms with Crippen LogP contribution in [0, 0.1) is 18.2 Å². The first-order valence-electron chi connectivity index (χ1n) is 14.2. The van der Waals surface area contributed by atoms with Gasteiger partial charge in [0, 0.05) is 24.7 Å². The van der Waals surface area contributed by atoms with Gasteiger partial charge in [-0.05, 0) is 97.3 Å². The number of pyridine rings is 1. The highest BCUT2D eigenvalue weighted by molar-refractivity contribution is 6.05. The summed E-state index contributed by atoms with van der Waals surface area (Å²) in [5, 5.41) is 8.22. The SMILES string of the molecule is CC.CC(C)(C)OC=O.Cc1cn(-c2ncc(F)cc2C2CCN(C3CCC4(C3)CN(C)C4)CC2)nn1.[B]C. The van der Waals surface area contributed by atoms with Gasteiger partial charge in [0.15, 0.2) is 5.82 Å². The van der Waals surface area contributed by atoms with Crippen molar-refractivity contribution >= 4 is 14.3 Å². The number of nitrogens with zero attached hydrogens (tertiary/aromatic N) is 6. The van der Waals surface area contributed by atoms with Crippen molar-refractivity contribution in [2.75, 3.05) is 33.2 Å². The van der Waals surface area contributed by atoms with E-state index in [9.17, 15) is 9.18 Å². The molecular formula is C29H48BFN6O2. The molecule has 1 aliphatic carbocycles. The minimum absolute atomic E-state index is 0.273. The van der Waals surface area contributed by atoms with Crippen LogP contribution in [0.4, 0.5) is 4.39 Å². The quantitative estimate of drug-likeness (QED) is 0.399. The third kappa shape index (κ3) is 9.10. The Labute approximate surface area is 236 Å². The van der Waals surface area contributed by atoms with Crippen LogP contribution in [0.25, 0.3) is 5.82 Å². The van der Waals surface area contributed by atoms with Crippen LogP contribution in [-0.4, -0.2) is 89.0 Å². The molecule has 3 aliphatic rings. The van der Waals surface area contributed by atoms with E-state index in [1.54, 1.807) is 10.7 Å². The van der Waals surface area contributed by atoms with Gasteiger partial charge in [-0.15, -0.1) is 5.10 Å². The Morgan fingerprint density at radius 1 is 1.15 bits per heavy atom. The van der Waals surface area contributed by atoms with Gasteiger partial charge in [0.05, 0.1) is 25.9 Å². The monoisotopic (exact) mass is 542 g/mol. The number of aryl methyl sites for hydroxylation is 1. The lowest BCUT2D eigenvalue weighted by molar-refractivity contribution is -0.138. The summed E-state index contributed by atoms with van der Waals surface area (Å²) in [6.45, 7) is 18.1. The maximum absolute atomic E-state index is 14.0. The molecule has 1 atom stereocenters. The summed E-state index contributed by atoms with van der Waals surface area (Å²) < 4.78 is 20.2. The first-order valence-corrected chi connectivity index (χ1v) is 14.2. The molecule has 39 heavy (non-hydrogen) atoms. The fourth-order valence-corrected chi connectivity index (χ4v) is 5.98. The third-order valence-corrected chi connectivity index (χ3v) is 7.46. The van der Waals surface area contributed by atoms with Crippen molar-refractivity contribution in [2.24, 2.45) is 5.41 Å². The molecule has 4 heterocycles. The fraction of sp³-hybridized carbons (Fsp3) is 0.724. The Kier molecular flexibility index (Phi) is 12.6. The molecule has 1 unspecified atom stereocenters. The zero-order valence-corrected chi connectivity index (χ0v) is 25.3. The minimum Gasteiger partial charge on any atom is -0.462 e. The molecule has 2 saturated heterocycles. The summed E-state index contributed by atoms with van der Waals surface area (Å²) in [4.78, 5) is 19.1. The van der Waals surface area contributed by atoms with E-state index in [4.69, 9.17) is 0 Å². The Bertz CT molecular complexity index is 1010. The second kappa shape index (κ2) is 14.9. The van der Waals surface area contributed by atoms with Gasteiger partial charge in [0.25, 0.3) is 6.47 Å². The smallest absolute Gasteiger partial charge is 0.293 e. The Morgan fingerprint density at radius 2 is 1.79 bits per heavy atom. The number of rotatable bonds is 4. The van der Waals surface area contributed by atoms with E-state index in [0.29, 0.717) is 17.8 Å². The van der Waals surface area contributed by atoms with Gasteiger partial charge in [-0.25, -0.2) is 14.1 Å². The predicted molar refractivity (Wildman–Crippen MR) is 155 cm³/mol. The van der Waals surface area contributed by atoms with Crippen LogP contribution >= 0.6 is 0 Å². The molecular weight excluding hydrogens is 494 g/mol. The number of hydrogen-bond acceptors (Lipinski definition) is 7. The average molecular weight is 543 g/mol. The maximum Gasteiger partial charge on any atom is 0.293 e. The van der Waals surface area contributed by atoms with Crippen molar-refractivity contribution < 1.29 is 13.9 Å². The van der Waals surface area contributed by atoms with Gasteiger partial charge in [0.2, 0.25) is 0 Å². The zero-order chi connectivity index (χ0) is 29.2. The van der Waals surface area contributed by atoms with Crippen molar-refractivity contribution in [3.63, 3.8) is 0 Å². The number of aromatic nitrogens is 4. The van der Waals surface area contributed by atoms with Crippen molar-refractivity contribution in [1.82, 2.24) is 29.8 Å². The van der Waals surface area contributed by atoms with Gasteiger partial charge in [-0.3, -0.25) is 4.79 Å². The summed E-state index contributed by atoms with van der Waals surface area (Å²) in [6.07, 6.45) is 9.30. The summed E-state index contributed by atoms with van der Waals surface area (Å²) in [7, 11) is 6.73. The predicted octanol–water partition coefficient (Wildman–Crippen LogP) is 4.96.